The lowest BCUT2D eigenvalue weighted by molar-refractivity contribution is -0.143. The van der Waals surface area contributed by atoms with Gasteiger partial charge in [-0.1, -0.05) is 12.8 Å². The Labute approximate surface area is 190 Å². The van der Waals surface area contributed by atoms with Gasteiger partial charge >= 0.3 is 12.1 Å². The number of pyridine rings is 1. The third kappa shape index (κ3) is 5.67. The van der Waals surface area contributed by atoms with Gasteiger partial charge in [0.1, 0.15) is 12.4 Å². The number of benzene rings is 1. The Bertz CT molecular complexity index is 1120. The summed E-state index contributed by atoms with van der Waals surface area (Å²) in [6.07, 6.45) is 1.27. The lowest BCUT2D eigenvalue weighted by atomic mass is 9.97. The summed E-state index contributed by atoms with van der Waals surface area (Å²) in [7, 11) is 0. The zero-order valence-corrected chi connectivity index (χ0v) is 18.5. The van der Waals surface area contributed by atoms with Crippen molar-refractivity contribution in [1.82, 2.24) is 9.97 Å². The van der Waals surface area contributed by atoms with E-state index >= 15 is 0 Å². The molecule has 0 radical (unpaired) electrons. The zero-order valence-electron chi connectivity index (χ0n) is 18.5. The monoisotopic (exact) mass is 460 g/mol. The number of esters is 1. The Morgan fingerprint density at radius 2 is 1.97 bits per heavy atom. The Morgan fingerprint density at radius 3 is 2.70 bits per heavy atom. The van der Waals surface area contributed by atoms with Crippen LogP contribution in [0.4, 0.5) is 13.2 Å². The molecule has 0 atom stereocenters. The molecule has 2 aromatic heterocycles. The highest BCUT2D eigenvalue weighted by molar-refractivity contribution is 5.82. The first-order valence-corrected chi connectivity index (χ1v) is 11.3. The lowest BCUT2D eigenvalue weighted by Crippen LogP contribution is -2.14. The van der Waals surface area contributed by atoms with Gasteiger partial charge in [0.05, 0.1) is 24.3 Å². The maximum Gasteiger partial charge on any atom is 0.418 e. The fourth-order valence-electron chi connectivity index (χ4n) is 4.38. The summed E-state index contributed by atoms with van der Waals surface area (Å²) >= 11 is 0. The molecule has 0 aliphatic heterocycles. The van der Waals surface area contributed by atoms with E-state index in [1.54, 1.807) is 13.0 Å². The van der Waals surface area contributed by atoms with Crippen molar-refractivity contribution >= 4 is 16.9 Å². The summed E-state index contributed by atoms with van der Waals surface area (Å²) < 4.78 is 51.7. The van der Waals surface area contributed by atoms with E-state index in [4.69, 9.17) is 9.47 Å². The number of rotatable bonds is 8. The number of aromatic nitrogens is 2. The second-order valence-electron chi connectivity index (χ2n) is 8.39. The first-order chi connectivity index (χ1) is 15.8. The minimum Gasteiger partial charge on any atom is -0.489 e. The summed E-state index contributed by atoms with van der Waals surface area (Å²) in [5.41, 5.74) is 1.68. The first kappa shape index (κ1) is 23.1. The van der Waals surface area contributed by atoms with E-state index in [1.165, 1.54) is 12.3 Å². The summed E-state index contributed by atoms with van der Waals surface area (Å²) in [5, 5.41) is 0.900. The molecule has 1 aliphatic carbocycles. The minimum absolute atomic E-state index is 0.00727. The van der Waals surface area contributed by atoms with Gasteiger partial charge in [0.2, 0.25) is 0 Å². The summed E-state index contributed by atoms with van der Waals surface area (Å²) in [6.45, 7) is 2.12. The number of fused-ring (bicyclic) bond motifs is 1. The van der Waals surface area contributed by atoms with E-state index in [1.807, 2.05) is 18.2 Å². The van der Waals surface area contributed by atoms with Crippen LogP contribution in [0.5, 0.6) is 5.75 Å². The number of halogens is 3. The molecule has 0 saturated heterocycles. The molecular formula is C25H27F3N2O3. The molecule has 3 aromatic rings. The van der Waals surface area contributed by atoms with E-state index < -0.39 is 11.7 Å². The molecule has 8 heteroatoms. The molecule has 2 heterocycles. The molecule has 0 bridgehead atoms. The molecule has 0 unspecified atom stereocenters. The van der Waals surface area contributed by atoms with Crippen LogP contribution in [0, 0.1) is 0 Å². The van der Waals surface area contributed by atoms with Crippen LogP contribution in [0.25, 0.3) is 10.9 Å². The topological polar surface area (TPSA) is 64.2 Å². The zero-order chi connectivity index (χ0) is 23.4. The number of ether oxygens (including phenoxy) is 2. The number of nitrogens with zero attached hydrogens (tertiary/aromatic N) is 1. The van der Waals surface area contributed by atoms with Crippen molar-refractivity contribution in [2.24, 2.45) is 0 Å². The van der Waals surface area contributed by atoms with Crippen LogP contribution in [0.3, 0.4) is 0 Å². The van der Waals surface area contributed by atoms with Gasteiger partial charge in [-0.25, -0.2) is 0 Å². The Hall–Kier alpha value is -3.03. The predicted molar refractivity (Wildman–Crippen MR) is 118 cm³/mol. The molecule has 176 valence electrons. The van der Waals surface area contributed by atoms with Crippen LogP contribution in [0.1, 0.15) is 67.5 Å². The third-order valence-corrected chi connectivity index (χ3v) is 5.98. The van der Waals surface area contributed by atoms with Crippen LogP contribution < -0.4 is 4.74 Å². The van der Waals surface area contributed by atoms with Crippen molar-refractivity contribution in [3.63, 3.8) is 0 Å². The molecule has 0 spiro atoms. The van der Waals surface area contributed by atoms with E-state index in [0.29, 0.717) is 24.3 Å². The van der Waals surface area contributed by atoms with Gasteiger partial charge in [-0.3, -0.25) is 9.78 Å². The average molecular weight is 460 g/mol. The van der Waals surface area contributed by atoms with E-state index in [0.717, 1.165) is 42.3 Å². The number of hydrogen-bond donors (Lipinski definition) is 1. The van der Waals surface area contributed by atoms with E-state index in [2.05, 4.69) is 9.97 Å². The maximum atomic E-state index is 13.7. The standard InChI is InChI=1S/C25H27F3N2O3/c1-2-32-23(31)10-7-19-12-18-13-20(8-9-22(18)30-19)33-15-16-11-21(25(26,27)28)24(29-14-16)17-5-3-4-6-17/h8-9,11-14,17,30H,2-7,10,15H2,1H3. The molecule has 5 nitrogen and oxygen atoms in total. The Balaban J connectivity index is 1.44. The number of nitrogens with one attached hydrogen (secondary N) is 1. The predicted octanol–water partition coefficient (Wildman–Crippen LogP) is 6.31. The van der Waals surface area contributed by atoms with Gasteiger partial charge in [-0.2, -0.15) is 13.2 Å². The van der Waals surface area contributed by atoms with Crippen LogP contribution in [0.15, 0.2) is 36.5 Å². The molecule has 1 saturated carbocycles. The number of aryl methyl sites for hydroxylation is 1. The second-order valence-corrected chi connectivity index (χ2v) is 8.39. The largest absolute Gasteiger partial charge is 0.489 e. The molecule has 4 rings (SSSR count). The fraction of sp³-hybridized carbons (Fsp3) is 0.440. The van der Waals surface area contributed by atoms with Gasteiger partial charge in [0.25, 0.3) is 0 Å². The summed E-state index contributed by atoms with van der Waals surface area (Å²) in [6, 6.07) is 8.54. The normalized spacial score (nSPS) is 14.7. The number of hydrogen-bond acceptors (Lipinski definition) is 4. The molecule has 33 heavy (non-hydrogen) atoms. The van der Waals surface area contributed by atoms with Gasteiger partial charge in [0, 0.05) is 34.3 Å². The summed E-state index contributed by atoms with van der Waals surface area (Å²) in [5.74, 6) is 0.184. The molecule has 1 aromatic carbocycles. The van der Waals surface area contributed by atoms with Crippen LogP contribution in [-0.4, -0.2) is 22.5 Å². The molecular weight excluding hydrogens is 433 g/mol. The number of H-pyrrole nitrogens is 1. The highest BCUT2D eigenvalue weighted by Crippen LogP contribution is 2.40. The van der Waals surface area contributed by atoms with Crippen LogP contribution in [-0.2, 0) is 28.7 Å². The number of carbonyl (C=O) groups is 1. The molecule has 0 amide bonds. The third-order valence-electron chi connectivity index (χ3n) is 5.98. The minimum atomic E-state index is -4.44. The van der Waals surface area contributed by atoms with Gasteiger partial charge < -0.3 is 14.5 Å². The van der Waals surface area contributed by atoms with Crippen molar-refractivity contribution in [3.05, 3.63) is 59.0 Å². The molecule has 1 N–H and O–H groups in total. The highest BCUT2D eigenvalue weighted by Gasteiger charge is 2.37. The average Bonchev–Trinajstić information content (AvgIpc) is 3.45. The second kappa shape index (κ2) is 9.85. The fourth-order valence-corrected chi connectivity index (χ4v) is 4.38. The van der Waals surface area contributed by atoms with Crippen molar-refractivity contribution in [2.45, 2.75) is 64.1 Å². The van der Waals surface area contributed by atoms with Gasteiger partial charge in [-0.15, -0.1) is 0 Å². The van der Waals surface area contributed by atoms with E-state index in [-0.39, 0.29) is 30.6 Å². The van der Waals surface area contributed by atoms with Crippen LogP contribution in [0.2, 0.25) is 0 Å². The van der Waals surface area contributed by atoms with Crippen LogP contribution >= 0.6 is 0 Å². The number of alkyl halides is 3. The van der Waals surface area contributed by atoms with Gasteiger partial charge in [-0.05, 0) is 56.5 Å². The van der Waals surface area contributed by atoms with Crippen molar-refractivity contribution in [2.75, 3.05) is 6.61 Å². The first-order valence-electron chi connectivity index (χ1n) is 11.3. The number of aromatic amines is 1. The van der Waals surface area contributed by atoms with Gasteiger partial charge in [0.15, 0.2) is 0 Å². The quantitative estimate of drug-likeness (QED) is 0.400. The molecule has 1 aliphatic rings. The van der Waals surface area contributed by atoms with Crippen molar-refractivity contribution in [3.8, 4) is 5.75 Å². The molecule has 1 fully saturated rings. The van der Waals surface area contributed by atoms with E-state index in [9.17, 15) is 18.0 Å². The lowest BCUT2D eigenvalue weighted by Gasteiger charge is -2.17. The Morgan fingerprint density at radius 1 is 1.18 bits per heavy atom. The number of carbonyl (C=O) groups excluding carboxylic acids is 1. The SMILES string of the molecule is CCOC(=O)CCc1cc2cc(OCc3cnc(C4CCCC4)c(C(F)(F)F)c3)ccc2[nH]1. The maximum absolute atomic E-state index is 13.7. The van der Waals surface area contributed by atoms with Crippen molar-refractivity contribution < 1.29 is 27.4 Å². The highest BCUT2D eigenvalue weighted by atomic mass is 19.4. The smallest absolute Gasteiger partial charge is 0.418 e. The van der Waals surface area contributed by atoms with Crippen molar-refractivity contribution in [1.29, 1.82) is 0 Å². The Kier molecular flexibility index (Phi) is 6.91. The summed E-state index contributed by atoms with van der Waals surface area (Å²) in [4.78, 5) is 19.0.